The number of aliphatic hydroxyl groups excluding tert-OH is 4. The van der Waals surface area contributed by atoms with Crippen LogP contribution in [0.2, 0.25) is 0 Å². The molecule has 11 nitrogen and oxygen atoms in total. The van der Waals surface area contributed by atoms with E-state index in [0.29, 0.717) is 0 Å². The maximum atomic E-state index is 11.7. The average molecular weight is 351 g/mol. The van der Waals surface area contributed by atoms with E-state index in [-0.39, 0.29) is 0 Å². The number of amides is 1. The summed E-state index contributed by atoms with van der Waals surface area (Å²) in [6.45, 7) is 1.03. The summed E-state index contributed by atoms with van der Waals surface area (Å²) in [7, 11) is 0. The maximum absolute atomic E-state index is 11.7. The van der Waals surface area contributed by atoms with Crippen LogP contribution in [0.4, 0.5) is 0 Å². The number of carboxylic acid groups (broad SMARTS) is 1. The quantitative estimate of drug-likeness (QED) is 0.247. The fourth-order valence-electron chi connectivity index (χ4n) is 2.70. The second-order valence-electron chi connectivity index (χ2n) is 5.63. The van der Waals surface area contributed by atoms with Crippen LogP contribution in [-0.2, 0) is 19.1 Å². The molecule has 1 heterocycles. The maximum Gasteiger partial charge on any atom is 0.365 e. The molecule has 0 aromatic rings. The van der Waals surface area contributed by atoms with Gasteiger partial charge in [-0.25, -0.2) is 4.79 Å². The number of hydrogen-bond acceptors (Lipinski definition) is 9. The first-order chi connectivity index (χ1) is 11.0. The zero-order chi connectivity index (χ0) is 18.8. The highest BCUT2D eigenvalue weighted by Crippen LogP contribution is 2.36. The third-order valence-corrected chi connectivity index (χ3v) is 3.83. The lowest BCUT2D eigenvalue weighted by Gasteiger charge is -2.48. The lowest BCUT2D eigenvalue weighted by atomic mass is 9.78. The van der Waals surface area contributed by atoms with Crippen LogP contribution in [0, 0.1) is 5.92 Å². The van der Waals surface area contributed by atoms with Gasteiger partial charge < -0.3 is 40.7 Å². The molecule has 0 radical (unpaired) electrons. The molecule has 1 saturated heterocycles. The molecule has 138 valence electrons. The Labute approximate surface area is 136 Å². The van der Waals surface area contributed by atoms with Gasteiger partial charge in [0.05, 0.1) is 18.8 Å². The third kappa shape index (κ3) is 3.71. The van der Waals surface area contributed by atoms with E-state index in [1.54, 1.807) is 0 Å². The molecule has 7 atom stereocenters. The molecule has 1 aliphatic heterocycles. The lowest BCUT2D eigenvalue weighted by molar-refractivity contribution is -0.313. The number of rotatable bonds is 6. The van der Waals surface area contributed by atoms with Gasteiger partial charge in [0.15, 0.2) is 0 Å². The highest BCUT2D eigenvalue weighted by molar-refractivity contribution is 5.88. The number of aliphatic hydroxyl groups is 5. The van der Waals surface area contributed by atoms with Gasteiger partial charge in [-0.15, -0.1) is 0 Å². The van der Waals surface area contributed by atoms with Crippen molar-refractivity contribution in [1.29, 1.82) is 0 Å². The van der Waals surface area contributed by atoms with Crippen LogP contribution in [0.5, 0.6) is 0 Å². The Bertz CT molecular complexity index is 511. The Morgan fingerprint density at radius 3 is 2.17 bits per heavy atom. The standard InChI is InChI=1S/C13H21NO10/c1-4(16)7-10(20)8(14-5(2)17)11(9(19)6(18)3-15)24-13(7,23)12(21)22/h6-11,15,18-20,23H,3H2,1-2H3,(H,14,17)(H,21,22)/t6-,7?,8-,9-,10+,11-,13?/m1/s1. The van der Waals surface area contributed by atoms with Crippen LogP contribution in [-0.4, -0.2) is 91.2 Å². The van der Waals surface area contributed by atoms with Crippen LogP contribution in [0.1, 0.15) is 13.8 Å². The van der Waals surface area contributed by atoms with Gasteiger partial charge in [0.2, 0.25) is 5.91 Å². The lowest BCUT2D eigenvalue weighted by Crippen LogP contribution is -2.72. The second kappa shape index (κ2) is 7.51. The van der Waals surface area contributed by atoms with Crippen LogP contribution in [0.25, 0.3) is 0 Å². The van der Waals surface area contributed by atoms with Crippen molar-refractivity contribution in [3.8, 4) is 0 Å². The van der Waals surface area contributed by atoms with Crippen LogP contribution < -0.4 is 5.32 Å². The molecule has 2 unspecified atom stereocenters. The number of carbonyl (C=O) groups excluding carboxylic acids is 2. The number of carboxylic acids is 1. The van der Waals surface area contributed by atoms with Gasteiger partial charge in [0, 0.05) is 6.92 Å². The second-order valence-corrected chi connectivity index (χ2v) is 5.63. The predicted molar refractivity (Wildman–Crippen MR) is 74.3 cm³/mol. The van der Waals surface area contributed by atoms with E-state index in [9.17, 15) is 39.9 Å². The molecule has 1 fully saturated rings. The molecular formula is C13H21NO10. The van der Waals surface area contributed by atoms with E-state index in [2.05, 4.69) is 5.32 Å². The molecule has 11 heteroatoms. The zero-order valence-corrected chi connectivity index (χ0v) is 13.0. The van der Waals surface area contributed by atoms with Gasteiger partial charge in [-0.1, -0.05) is 0 Å². The van der Waals surface area contributed by atoms with E-state index in [0.717, 1.165) is 13.8 Å². The minimum Gasteiger partial charge on any atom is -0.477 e. The minimum absolute atomic E-state index is 0.707. The molecule has 7 N–H and O–H groups in total. The van der Waals surface area contributed by atoms with E-state index >= 15 is 0 Å². The van der Waals surface area contributed by atoms with E-state index < -0.39 is 66.4 Å². The Morgan fingerprint density at radius 2 is 1.79 bits per heavy atom. The van der Waals surface area contributed by atoms with Crippen molar-refractivity contribution in [2.75, 3.05) is 6.61 Å². The Balaban J connectivity index is 3.36. The molecule has 1 rings (SSSR count). The fraction of sp³-hybridized carbons (Fsp3) is 0.769. The number of aliphatic carboxylic acids is 1. The van der Waals surface area contributed by atoms with Crippen LogP contribution >= 0.6 is 0 Å². The van der Waals surface area contributed by atoms with Crippen molar-refractivity contribution in [3.63, 3.8) is 0 Å². The monoisotopic (exact) mass is 351 g/mol. The predicted octanol–water partition coefficient (Wildman–Crippen LogP) is -4.06. The van der Waals surface area contributed by atoms with Gasteiger partial charge in [-0.3, -0.25) is 9.59 Å². The van der Waals surface area contributed by atoms with E-state index in [1.807, 2.05) is 0 Å². The van der Waals surface area contributed by atoms with E-state index in [4.69, 9.17) is 9.84 Å². The Kier molecular flexibility index (Phi) is 6.38. The summed E-state index contributed by atoms with van der Waals surface area (Å²) in [4.78, 5) is 34.4. The number of Topliss-reactive ketones (excluding diaryl/α,β-unsaturated/α-hetero) is 1. The highest BCUT2D eigenvalue weighted by Gasteiger charge is 2.61. The summed E-state index contributed by atoms with van der Waals surface area (Å²) < 4.78 is 4.92. The van der Waals surface area contributed by atoms with Gasteiger partial charge in [-0.05, 0) is 6.92 Å². The first kappa shape index (κ1) is 20.4. The van der Waals surface area contributed by atoms with Gasteiger partial charge in [0.1, 0.15) is 30.0 Å². The van der Waals surface area contributed by atoms with Crippen LogP contribution in [0.3, 0.4) is 0 Å². The largest absolute Gasteiger partial charge is 0.477 e. The SMILES string of the molecule is CC(=O)N[C@H]1[C@H]([C@H](O)[C@H](O)CO)OC(O)(C(=O)O)C(C(C)=O)[C@@H]1O. The number of nitrogens with one attached hydrogen (secondary N) is 1. The molecule has 0 bridgehead atoms. The molecule has 1 aliphatic rings. The summed E-state index contributed by atoms with van der Waals surface area (Å²) in [6.07, 6.45) is -7.54. The van der Waals surface area contributed by atoms with Crippen molar-refractivity contribution >= 4 is 17.7 Å². The zero-order valence-electron chi connectivity index (χ0n) is 13.0. The normalized spacial score (nSPS) is 35.8. The molecule has 0 aromatic heterocycles. The molecule has 0 spiro atoms. The smallest absolute Gasteiger partial charge is 0.365 e. The Hall–Kier alpha value is -1.63. The Morgan fingerprint density at radius 1 is 1.25 bits per heavy atom. The summed E-state index contributed by atoms with van der Waals surface area (Å²) >= 11 is 0. The first-order valence-electron chi connectivity index (χ1n) is 7.03. The van der Waals surface area contributed by atoms with Gasteiger partial charge >= 0.3 is 5.97 Å². The van der Waals surface area contributed by atoms with Gasteiger partial charge in [0.25, 0.3) is 5.79 Å². The molecule has 1 amide bonds. The topological polar surface area (TPSA) is 194 Å². The first-order valence-corrected chi connectivity index (χ1v) is 7.03. The highest BCUT2D eigenvalue weighted by atomic mass is 16.7. The van der Waals surface area contributed by atoms with Gasteiger partial charge in [-0.2, -0.15) is 0 Å². The molecule has 24 heavy (non-hydrogen) atoms. The van der Waals surface area contributed by atoms with Crippen molar-refractivity contribution in [2.45, 2.75) is 50.1 Å². The molecule has 0 saturated carbocycles. The summed E-state index contributed by atoms with van der Waals surface area (Å²) in [5.41, 5.74) is 0. The minimum atomic E-state index is -3.19. The van der Waals surface area contributed by atoms with Crippen LogP contribution in [0.15, 0.2) is 0 Å². The summed E-state index contributed by atoms with van der Waals surface area (Å²) in [6, 6.07) is -1.52. The van der Waals surface area contributed by atoms with Crippen molar-refractivity contribution in [1.82, 2.24) is 5.32 Å². The fourth-order valence-corrected chi connectivity index (χ4v) is 2.70. The summed E-state index contributed by atoms with van der Waals surface area (Å²) in [5.74, 6) is -8.79. The van der Waals surface area contributed by atoms with E-state index in [1.165, 1.54) is 0 Å². The van der Waals surface area contributed by atoms with Crippen molar-refractivity contribution in [3.05, 3.63) is 0 Å². The number of ketones is 1. The molecule has 0 aliphatic carbocycles. The average Bonchev–Trinajstić information content (AvgIpc) is 2.47. The molecular weight excluding hydrogens is 330 g/mol. The van der Waals surface area contributed by atoms with Crippen molar-refractivity contribution < 1.29 is 49.8 Å². The van der Waals surface area contributed by atoms with Crippen molar-refractivity contribution in [2.24, 2.45) is 5.92 Å². The summed E-state index contributed by atoms with van der Waals surface area (Å²) in [5, 5.41) is 60.3. The number of hydrogen-bond donors (Lipinski definition) is 7. The molecule has 0 aromatic carbocycles. The number of ether oxygens (including phenoxy) is 1. The third-order valence-electron chi connectivity index (χ3n) is 3.83. The number of carbonyl (C=O) groups is 3.